The number of carbonyl (C=O) groups excluding carboxylic acids is 1. The summed E-state index contributed by atoms with van der Waals surface area (Å²) in [6, 6.07) is 6.89. The molecule has 4 heteroatoms. The van der Waals surface area contributed by atoms with E-state index in [-0.39, 0.29) is 0 Å². The predicted molar refractivity (Wildman–Crippen MR) is 56.6 cm³/mol. The number of nitrogen functional groups attached to an aromatic ring is 1. The number of hydrogen-bond acceptors (Lipinski definition) is 4. The average molecular weight is 202 g/mol. The molecule has 4 nitrogen and oxygen atoms in total. The van der Waals surface area contributed by atoms with E-state index < -0.39 is 5.97 Å². The van der Waals surface area contributed by atoms with Crippen molar-refractivity contribution in [2.24, 2.45) is 0 Å². The molecule has 2 N–H and O–H groups in total. The Hall–Kier alpha value is -2.28. The number of ether oxygens (including phenoxy) is 1. The summed E-state index contributed by atoms with van der Waals surface area (Å²) < 4.78 is 4.44. The highest BCUT2D eigenvalue weighted by Gasteiger charge is 1.99. The van der Waals surface area contributed by atoms with Gasteiger partial charge >= 0.3 is 5.97 Å². The molecule has 1 aromatic rings. The first-order valence-electron chi connectivity index (χ1n) is 4.23. The molecule has 0 aliphatic rings. The molecule has 0 aromatic heterocycles. The number of nitrogens with two attached hydrogens (primary N) is 1. The maximum absolute atomic E-state index is 10.8. The molecule has 0 atom stereocenters. The van der Waals surface area contributed by atoms with Crippen molar-refractivity contribution in [3.63, 3.8) is 0 Å². The monoisotopic (exact) mass is 202 g/mol. The molecule has 0 radical (unpaired) electrons. The van der Waals surface area contributed by atoms with Gasteiger partial charge in [-0.1, -0.05) is 6.07 Å². The first-order valence-corrected chi connectivity index (χ1v) is 4.23. The van der Waals surface area contributed by atoms with Crippen molar-refractivity contribution < 1.29 is 9.53 Å². The summed E-state index contributed by atoms with van der Waals surface area (Å²) in [6.45, 7) is 0. The molecular weight excluding hydrogens is 192 g/mol. The lowest BCUT2D eigenvalue weighted by atomic mass is 10.1. The van der Waals surface area contributed by atoms with Gasteiger partial charge in [-0.15, -0.1) is 0 Å². The van der Waals surface area contributed by atoms with Crippen LogP contribution in [0.1, 0.15) is 11.1 Å². The lowest BCUT2D eigenvalue weighted by molar-refractivity contribution is -0.134. The van der Waals surface area contributed by atoms with Crippen molar-refractivity contribution in [3.8, 4) is 6.07 Å². The first-order chi connectivity index (χ1) is 7.17. The number of nitrogens with zero attached hydrogens (tertiary/aromatic N) is 1. The van der Waals surface area contributed by atoms with Gasteiger partial charge in [0.2, 0.25) is 0 Å². The van der Waals surface area contributed by atoms with Crippen LogP contribution in [0, 0.1) is 11.3 Å². The molecule has 1 rings (SSSR count). The van der Waals surface area contributed by atoms with E-state index in [1.165, 1.54) is 19.3 Å². The number of esters is 1. The highest BCUT2D eigenvalue weighted by Crippen LogP contribution is 2.14. The van der Waals surface area contributed by atoms with E-state index in [0.717, 1.165) is 0 Å². The number of hydrogen-bond donors (Lipinski definition) is 1. The molecule has 0 saturated carbocycles. The SMILES string of the molecule is COC(=O)C=Cc1ccc(N)cc1C#N. The van der Waals surface area contributed by atoms with E-state index >= 15 is 0 Å². The summed E-state index contributed by atoms with van der Waals surface area (Å²) in [6.07, 6.45) is 2.77. The molecule has 0 spiro atoms. The maximum Gasteiger partial charge on any atom is 0.330 e. The Bertz CT molecular complexity index is 444. The van der Waals surface area contributed by atoms with Gasteiger partial charge in [-0.3, -0.25) is 0 Å². The van der Waals surface area contributed by atoms with E-state index in [1.54, 1.807) is 18.2 Å². The zero-order chi connectivity index (χ0) is 11.3. The maximum atomic E-state index is 10.8. The van der Waals surface area contributed by atoms with Gasteiger partial charge in [0.1, 0.15) is 0 Å². The van der Waals surface area contributed by atoms with Crippen LogP contribution in [-0.2, 0) is 9.53 Å². The lowest BCUT2D eigenvalue weighted by Gasteiger charge is -1.98. The van der Waals surface area contributed by atoms with Gasteiger partial charge in [0, 0.05) is 11.8 Å². The summed E-state index contributed by atoms with van der Waals surface area (Å²) >= 11 is 0. The van der Waals surface area contributed by atoms with E-state index in [2.05, 4.69) is 4.74 Å². The molecule has 0 unspecified atom stereocenters. The quantitative estimate of drug-likeness (QED) is 0.446. The fourth-order valence-electron chi connectivity index (χ4n) is 1.04. The number of rotatable bonds is 2. The molecule has 0 aliphatic carbocycles. The van der Waals surface area contributed by atoms with Crippen molar-refractivity contribution in [2.75, 3.05) is 12.8 Å². The summed E-state index contributed by atoms with van der Waals surface area (Å²) in [4.78, 5) is 10.8. The van der Waals surface area contributed by atoms with Crippen LogP contribution in [0.4, 0.5) is 5.69 Å². The number of nitriles is 1. The standard InChI is InChI=1S/C11H10N2O2/c1-15-11(14)5-3-8-2-4-10(13)6-9(8)7-12/h2-6H,13H2,1H3. The minimum atomic E-state index is -0.462. The van der Waals surface area contributed by atoms with Crippen LogP contribution in [0.2, 0.25) is 0 Å². The smallest absolute Gasteiger partial charge is 0.330 e. The van der Waals surface area contributed by atoms with Crippen molar-refractivity contribution in [1.82, 2.24) is 0 Å². The molecule has 0 amide bonds. The third-order valence-corrected chi connectivity index (χ3v) is 1.80. The molecular formula is C11H10N2O2. The minimum absolute atomic E-state index is 0.426. The van der Waals surface area contributed by atoms with Crippen molar-refractivity contribution in [1.29, 1.82) is 5.26 Å². The highest BCUT2D eigenvalue weighted by molar-refractivity contribution is 5.87. The van der Waals surface area contributed by atoms with Crippen LogP contribution < -0.4 is 5.73 Å². The zero-order valence-corrected chi connectivity index (χ0v) is 8.23. The molecule has 0 aliphatic heterocycles. The molecule has 0 saturated heterocycles. The van der Waals surface area contributed by atoms with Gasteiger partial charge in [-0.2, -0.15) is 5.26 Å². The van der Waals surface area contributed by atoms with Crippen LogP contribution in [0.25, 0.3) is 6.08 Å². The van der Waals surface area contributed by atoms with E-state index in [4.69, 9.17) is 11.0 Å². The summed E-state index contributed by atoms with van der Waals surface area (Å²) in [5.74, 6) is -0.462. The Morgan fingerprint density at radius 1 is 1.60 bits per heavy atom. The topological polar surface area (TPSA) is 76.1 Å². The van der Waals surface area contributed by atoms with Crippen molar-refractivity contribution in [2.45, 2.75) is 0 Å². The Morgan fingerprint density at radius 3 is 2.93 bits per heavy atom. The number of carbonyl (C=O) groups is 1. The number of methoxy groups -OCH3 is 1. The average Bonchev–Trinajstić information content (AvgIpc) is 2.26. The molecule has 1 aromatic carbocycles. The largest absolute Gasteiger partial charge is 0.466 e. The van der Waals surface area contributed by atoms with Crippen LogP contribution in [-0.4, -0.2) is 13.1 Å². The van der Waals surface area contributed by atoms with E-state index in [1.807, 2.05) is 6.07 Å². The van der Waals surface area contributed by atoms with Gasteiger partial charge in [0.15, 0.2) is 0 Å². The van der Waals surface area contributed by atoms with Gasteiger partial charge in [-0.25, -0.2) is 4.79 Å². The van der Waals surface area contributed by atoms with Crippen molar-refractivity contribution >= 4 is 17.7 Å². The summed E-state index contributed by atoms with van der Waals surface area (Å²) in [5, 5.41) is 8.81. The second-order valence-corrected chi connectivity index (χ2v) is 2.81. The molecule has 76 valence electrons. The summed E-state index contributed by atoms with van der Waals surface area (Å²) in [5.41, 5.74) is 7.10. The third-order valence-electron chi connectivity index (χ3n) is 1.80. The third kappa shape index (κ3) is 2.85. The van der Waals surface area contributed by atoms with Crippen LogP contribution in [0.15, 0.2) is 24.3 Å². The molecule has 0 fully saturated rings. The Labute approximate surface area is 87.6 Å². The fraction of sp³-hybridized carbons (Fsp3) is 0.0909. The van der Waals surface area contributed by atoms with Crippen LogP contribution >= 0.6 is 0 Å². The van der Waals surface area contributed by atoms with Gasteiger partial charge in [0.05, 0.1) is 18.7 Å². The summed E-state index contributed by atoms with van der Waals surface area (Å²) in [7, 11) is 1.29. The Morgan fingerprint density at radius 2 is 2.33 bits per heavy atom. The number of benzene rings is 1. The van der Waals surface area contributed by atoms with Crippen molar-refractivity contribution in [3.05, 3.63) is 35.4 Å². The van der Waals surface area contributed by atoms with Gasteiger partial charge in [0.25, 0.3) is 0 Å². The van der Waals surface area contributed by atoms with Crippen LogP contribution in [0.5, 0.6) is 0 Å². The van der Waals surface area contributed by atoms with Crippen LogP contribution in [0.3, 0.4) is 0 Å². The molecule has 15 heavy (non-hydrogen) atoms. The van der Waals surface area contributed by atoms with Gasteiger partial charge < -0.3 is 10.5 Å². The minimum Gasteiger partial charge on any atom is -0.466 e. The Kier molecular flexibility index (Phi) is 3.47. The molecule has 0 heterocycles. The van der Waals surface area contributed by atoms with E-state index in [0.29, 0.717) is 16.8 Å². The normalized spacial score (nSPS) is 9.87. The van der Waals surface area contributed by atoms with Gasteiger partial charge in [-0.05, 0) is 23.8 Å². The highest BCUT2D eigenvalue weighted by atomic mass is 16.5. The first kappa shape index (κ1) is 10.8. The Balaban J connectivity index is 3.01. The second-order valence-electron chi connectivity index (χ2n) is 2.81. The zero-order valence-electron chi connectivity index (χ0n) is 8.23. The fourth-order valence-corrected chi connectivity index (χ4v) is 1.04. The molecule has 0 bridgehead atoms. The predicted octanol–water partition coefficient (Wildman–Crippen LogP) is 1.33. The van der Waals surface area contributed by atoms with E-state index in [9.17, 15) is 4.79 Å². The second kappa shape index (κ2) is 4.82. The number of anilines is 1. The lowest BCUT2D eigenvalue weighted by Crippen LogP contribution is -1.94.